The van der Waals surface area contributed by atoms with Crippen LogP contribution in [0.5, 0.6) is 0 Å². The number of rotatable bonds is 8. The third kappa shape index (κ3) is 5.42. The molecule has 1 aliphatic carbocycles. The fourth-order valence-electron chi connectivity index (χ4n) is 5.06. The van der Waals surface area contributed by atoms with Crippen molar-refractivity contribution >= 4 is 51.0 Å². The van der Waals surface area contributed by atoms with Crippen LogP contribution in [-0.4, -0.2) is 22.6 Å². The first kappa shape index (κ1) is 24.9. The van der Waals surface area contributed by atoms with Crippen molar-refractivity contribution in [2.75, 3.05) is 5.32 Å². The predicted octanol–water partition coefficient (Wildman–Crippen LogP) is 6.49. The van der Waals surface area contributed by atoms with E-state index in [1.54, 1.807) is 17.6 Å². The summed E-state index contributed by atoms with van der Waals surface area (Å²) in [5, 5.41) is 7.67. The van der Waals surface area contributed by atoms with Crippen LogP contribution in [-0.2, 0) is 30.7 Å². The van der Waals surface area contributed by atoms with E-state index < -0.39 is 0 Å². The first-order chi connectivity index (χ1) is 19.2. The summed E-state index contributed by atoms with van der Waals surface area (Å²) in [4.78, 5) is 32.2. The molecule has 39 heavy (non-hydrogen) atoms. The summed E-state index contributed by atoms with van der Waals surface area (Å²) in [5.74, 6) is 0.478. The van der Waals surface area contributed by atoms with Crippen LogP contribution in [0.25, 0.3) is 10.9 Å². The van der Waals surface area contributed by atoms with Gasteiger partial charge in [0.15, 0.2) is 0 Å². The number of aromatic nitrogens is 1. The fraction of sp³-hybridized carbons (Fsp3) is 0.194. The number of nitrogens with zero attached hydrogens (tertiary/aromatic N) is 2. The van der Waals surface area contributed by atoms with Crippen LogP contribution in [0.3, 0.4) is 0 Å². The number of carbonyl (C=O) groups is 2. The summed E-state index contributed by atoms with van der Waals surface area (Å²) in [6.45, 7) is 0.509. The van der Waals surface area contributed by atoms with Gasteiger partial charge in [0.2, 0.25) is 5.91 Å². The zero-order valence-electron chi connectivity index (χ0n) is 21.4. The maximum atomic E-state index is 13.3. The number of amides is 2. The molecule has 1 aliphatic rings. The molecule has 0 saturated carbocycles. The van der Waals surface area contributed by atoms with Crippen molar-refractivity contribution in [1.82, 2.24) is 9.88 Å². The molecule has 0 unspecified atom stereocenters. The quantitative estimate of drug-likeness (QED) is 0.222. The van der Waals surface area contributed by atoms with Crippen LogP contribution < -0.4 is 10.6 Å². The van der Waals surface area contributed by atoms with Gasteiger partial charge in [0.25, 0.3) is 5.91 Å². The van der Waals surface area contributed by atoms with Crippen molar-refractivity contribution < 1.29 is 14.0 Å². The smallest absolute Gasteiger partial charge is 0.255 e. The standard InChI is InChI=1S/C31H28N4O3S/c36-28(34-22-9-2-1-3-10-22)20-35-19-21(24-12-4-6-14-26(24)35)17-33-31-29(25-13-5-7-15-27(25)39-31)30(37)32-18-23-11-8-16-38-23/h1-4,6,8-12,14,16-17,19H,5,7,13,15,18,20H2,(H,32,37)(H,34,36). The molecule has 0 fully saturated rings. The van der Waals surface area contributed by atoms with E-state index >= 15 is 0 Å². The number of hydrogen-bond acceptors (Lipinski definition) is 5. The van der Waals surface area contributed by atoms with Crippen molar-refractivity contribution in [3.8, 4) is 0 Å². The van der Waals surface area contributed by atoms with E-state index in [0.717, 1.165) is 58.4 Å². The Morgan fingerprint density at radius 3 is 2.67 bits per heavy atom. The van der Waals surface area contributed by atoms with E-state index in [2.05, 4.69) is 10.6 Å². The van der Waals surface area contributed by atoms with Gasteiger partial charge in [-0.1, -0.05) is 36.4 Å². The molecular weight excluding hydrogens is 508 g/mol. The topological polar surface area (TPSA) is 88.6 Å². The minimum absolute atomic E-state index is 0.105. The average molecular weight is 537 g/mol. The van der Waals surface area contributed by atoms with Gasteiger partial charge in [0.1, 0.15) is 17.3 Å². The molecule has 196 valence electrons. The minimum Gasteiger partial charge on any atom is -0.467 e. The molecule has 0 aliphatic heterocycles. The fourth-order valence-corrected chi connectivity index (χ4v) is 6.29. The predicted molar refractivity (Wildman–Crippen MR) is 155 cm³/mol. The lowest BCUT2D eigenvalue weighted by atomic mass is 9.95. The van der Waals surface area contributed by atoms with Gasteiger partial charge in [-0.3, -0.25) is 9.59 Å². The van der Waals surface area contributed by atoms with Gasteiger partial charge < -0.3 is 19.6 Å². The van der Waals surface area contributed by atoms with Crippen LogP contribution in [0.15, 0.2) is 88.6 Å². The normalized spacial score (nSPS) is 13.0. The zero-order valence-corrected chi connectivity index (χ0v) is 22.2. The largest absolute Gasteiger partial charge is 0.467 e. The van der Waals surface area contributed by atoms with Crippen molar-refractivity contribution in [3.05, 3.63) is 107 Å². The maximum Gasteiger partial charge on any atom is 0.255 e. The molecule has 3 aromatic heterocycles. The Kier molecular flexibility index (Phi) is 7.10. The van der Waals surface area contributed by atoms with Crippen LogP contribution in [0.4, 0.5) is 10.7 Å². The molecular formula is C31H28N4O3S. The Morgan fingerprint density at radius 1 is 1.00 bits per heavy atom. The number of nitrogens with one attached hydrogen (secondary N) is 2. The molecule has 0 radical (unpaired) electrons. The Morgan fingerprint density at radius 2 is 1.82 bits per heavy atom. The summed E-state index contributed by atoms with van der Waals surface area (Å²) >= 11 is 1.60. The number of carbonyl (C=O) groups excluding carboxylic acids is 2. The van der Waals surface area contributed by atoms with E-state index in [4.69, 9.17) is 9.41 Å². The highest BCUT2D eigenvalue weighted by Crippen LogP contribution is 2.40. The van der Waals surface area contributed by atoms with Crippen LogP contribution in [0, 0.1) is 0 Å². The highest BCUT2D eigenvalue weighted by Gasteiger charge is 2.25. The second-order valence-electron chi connectivity index (χ2n) is 9.55. The van der Waals surface area contributed by atoms with Crippen LogP contribution in [0.2, 0.25) is 0 Å². The average Bonchev–Trinajstić information content (AvgIpc) is 3.69. The van der Waals surface area contributed by atoms with Gasteiger partial charge in [-0.25, -0.2) is 4.99 Å². The van der Waals surface area contributed by atoms with Crippen molar-refractivity contribution in [2.45, 2.75) is 38.8 Å². The Hall–Kier alpha value is -4.43. The third-order valence-corrected chi connectivity index (χ3v) is 8.09. The van der Waals surface area contributed by atoms with E-state index in [1.807, 2.05) is 83.7 Å². The summed E-state index contributed by atoms with van der Waals surface area (Å²) in [6.07, 6.45) is 9.43. The lowest BCUT2D eigenvalue weighted by molar-refractivity contribution is -0.116. The van der Waals surface area contributed by atoms with E-state index in [1.165, 1.54) is 4.88 Å². The number of anilines is 1. The SMILES string of the molecule is O=C(Cn1cc(C=Nc2sc3c(c2C(=O)NCc2ccco2)CCCC3)c2ccccc21)Nc1ccccc1. The summed E-state index contributed by atoms with van der Waals surface area (Å²) in [5.41, 5.74) is 4.40. The molecule has 0 spiro atoms. The second kappa shape index (κ2) is 11.1. The third-order valence-electron chi connectivity index (χ3n) is 6.89. The van der Waals surface area contributed by atoms with Crippen molar-refractivity contribution in [3.63, 3.8) is 0 Å². The number of hydrogen-bond donors (Lipinski definition) is 2. The molecule has 2 N–H and O–H groups in total. The molecule has 5 aromatic rings. The summed E-state index contributed by atoms with van der Waals surface area (Å²) < 4.78 is 7.32. The van der Waals surface area contributed by atoms with Crippen LogP contribution >= 0.6 is 11.3 Å². The molecule has 6 rings (SSSR count). The molecule has 0 saturated heterocycles. The molecule has 3 heterocycles. The Bertz CT molecular complexity index is 1650. The molecule has 0 bridgehead atoms. The molecule has 7 nitrogen and oxygen atoms in total. The molecule has 2 aromatic carbocycles. The highest BCUT2D eigenvalue weighted by molar-refractivity contribution is 7.16. The van der Waals surface area contributed by atoms with Crippen LogP contribution in [0.1, 0.15) is 45.0 Å². The number of thiophene rings is 1. The first-order valence-electron chi connectivity index (χ1n) is 13.1. The highest BCUT2D eigenvalue weighted by atomic mass is 32.1. The van der Waals surface area contributed by atoms with Gasteiger partial charge >= 0.3 is 0 Å². The lowest BCUT2D eigenvalue weighted by Gasteiger charge is -2.12. The number of aryl methyl sites for hydroxylation is 1. The monoisotopic (exact) mass is 536 g/mol. The number of benzene rings is 2. The Balaban J connectivity index is 1.28. The molecule has 2 amide bonds. The summed E-state index contributed by atoms with van der Waals surface area (Å²) in [7, 11) is 0. The minimum atomic E-state index is -0.127. The van der Waals surface area contributed by atoms with Gasteiger partial charge in [0.05, 0.1) is 18.4 Å². The van der Waals surface area contributed by atoms with E-state index in [9.17, 15) is 9.59 Å². The van der Waals surface area contributed by atoms with Gasteiger partial charge in [0, 0.05) is 39.4 Å². The number of para-hydroxylation sites is 2. The van der Waals surface area contributed by atoms with Crippen molar-refractivity contribution in [2.24, 2.45) is 4.99 Å². The van der Waals surface area contributed by atoms with E-state index in [0.29, 0.717) is 17.9 Å². The molecule has 0 atom stereocenters. The van der Waals surface area contributed by atoms with Gasteiger partial charge in [-0.15, -0.1) is 11.3 Å². The molecule has 8 heteroatoms. The van der Waals surface area contributed by atoms with Crippen molar-refractivity contribution in [1.29, 1.82) is 0 Å². The lowest BCUT2D eigenvalue weighted by Crippen LogP contribution is -2.23. The summed E-state index contributed by atoms with van der Waals surface area (Å²) in [6, 6.07) is 21.1. The van der Waals surface area contributed by atoms with Gasteiger partial charge in [-0.05, 0) is 61.6 Å². The second-order valence-corrected chi connectivity index (χ2v) is 10.6. The Labute approximate surface area is 230 Å². The number of aliphatic imine (C=N–C) groups is 1. The van der Waals surface area contributed by atoms with Gasteiger partial charge in [-0.2, -0.15) is 0 Å². The first-order valence-corrected chi connectivity index (χ1v) is 13.9. The number of fused-ring (bicyclic) bond motifs is 2. The van der Waals surface area contributed by atoms with E-state index in [-0.39, 0.29) is 18.4 Å². The number of furan rings is 1. The maximum absolute atomic E-state index is 13.3. The zero-order chi connectivity index (χ0) is 26.6.